The first-order valence-corrected chi connectivity index (χ1v) is 21.8. The molecule has 9 rings (SSSR count). The lowest BCUT2D eigenvalue weighted by Gasteiger charge is -2.36. The van der Waals surface area contributed by atoms with Gasteiger partial charge in [0.2, 0.25) is 11.7 Å². The van der Waals surface area contributed by atoms with E-state index in [0.717, 1.165) is 58.8 Å². The number of ether oxygens (including phenoxy) is 1. The van der Waals surface area contributed by atoms with E-state index >= 15 is 8.78 Å². The molecule has 3 amide bonds. The van der Waals surface area contributed by atoms with Crippen molar-refractivity contribution in [3.63, 3.8) is 0 Å². The van der Waals surface area contributed by atoms with Gasteiger partial charge in [-0.15, -0.1) is 0 Å². The van der Waals surface area contributed by atoms with Crippen molar-refractivity contribution in [3.05, 3.63) is 119 Å². The second-order valence-corrected chi connectivity index (χ2v) is 17.5. The Hall–Kier alpha value is -6.57. The van der Waals surface area contributed by atoms with Crippen LogP contribution in [0.4, 0.5) is 24.5 Å². The molecule has 19 heteroatoms. The number of allylic oxidation sites excluding steroid dienone is 1. The fourth-order valence-corrected chi connectivity index (χ4v) is 9.71. The zero-order chi connectivity index (χ0) is 44.2. The number of piperazine rings is 1. The van der Waals surface area contributed by atoms with Crippen molar-refractivity contribution in [2.45, 2.75) is 31.5 Å². The summed E-state index contributed by atoms with van der Waals surface area (Å²) in [5, 5.41) is 2.94. The van der Waals surface area contributed by atoms with Gasteiger partial charge in [-0.05, 0) is 73.4 Å². The van der Waals surface area contributed by atoms with Crippen molar-refractivity contribution in [1.29, 1.82) is 0 Å². The monoisotopic (exact) mass is 882 g/mol. The zero-order valence-corrected chi connectivity index (χ0v) is 34.5. The molecule has 3 N–H and O–H groups in total. The summed E-state index contributed by atoms with van der Waals surface area (Å²) in [6.45, 7) is 7.30. The van der Waals surface area contributed by atoms with Gasteiger partial charge < -0.3 is 19.9 Å². The maximum Gasteiger partial charge on any atom is 0.301 e. The largest absolute Gasteiger partial charge is 0.492 e. The smallest absolute Gasteiger partial charge is 0.301 e. The number of anilines is 2. The Morgan fingerprint density at radius 1 is 0.921 bits per heavy atom. The minimum atomic E-state index is -4.37. The highest BCUT2D eigenvalue weighted by molar-refractivity contribution is 7.90. The molecule has 2 aromatic heterocycles. The number of pyridine rings is 1. The van der Waals surface area contributed by atoms with Crippen LogP contribution in [0.25, 0.3) is 22.2 Å². The van der Waals surface area contributed by atoms with Crippen LogP contribution in [-0.4, -0.2) is 121 Å². The summed E-state index contributed by atoms with van der Waals surface area (Å²) in [5.41, 5.74) is 2.09. The lowest BCUT2D eigenvalue weighted by molar-refractivity contribution is -0.125. The number of piperidine rings is 1. The van der Waals surface area contributed by atoms with Crippen molar-refractivity contribution < 1.29 is 45.5 Å². The van der Waals surface area contributed by atoms with E-state index in [2.05, 4.69) is 31.7 Å². The summed E-state index contributed by atoms with van der Waals surface area (Å²) < 4.78 is 78.9. The van der Waals surface area contributed by atoms with Crippen molar-refractivity contribution in [3.8, 4) is 16.9 Å². The van der Waals surface area contributed by atoms with Gasteiger partial charge in [0.05, 0.1) is 22.4 Å². The van der Waals surface area contributed by atoms with E-state index in [1.807, 2.05) is 29.0 Å². The third kappa shape index (κ3) is 8.02. The van der Waals surface area contributed by atoms with Crippen molar-refractivity contribution >= 4 is 56.1 Å². The van der Waals surface area contributed by atoms with E-state index in [-0.39, 0.29) is 29.7 Å². The van der Waals surface area contributed by atoms with Crippen LogP contribution in [0.3, 0.4) is 0 Å². The molecule has 4 aliphatic heterocycles. The molecular weight excluding hydrogens is 842 g/mol. The number of amides is 3. The summed E-state index contributed by atoms with van der Waals surface area (Å²) in [6.07, 6.45) is 2.35. The van der Waals surface area contributed by atoms with Crippen LogP contribution < -0.4 is 19.7 Å². The number of benzene rings is 3. The van der Waals surface area contributed by atoms with Gasteiger partial charge in [0.25, 0.3) is 11.8 Å². The predicted octanol–water partition coefficient (Wildman–Crippen LogP) is 5.03. The van der Waals surface area contributed by atoms with Gasteiger partial charge in [-0.3, -0.25) is 33.7 Å². The van der Waals surface area contributed by atoms with Crippen LogP contribution in [-0.2, 0) is 15.0 Å². The Bertz CT molecular complexity index is 2810. The average molecular weight is 883 g/mol. The molecule has 3 saturated heterocycles. The van der Waals surface area contributed by atoms with Crippen LogP contribution in [0.2, 0.25) is 0 Å². The highest BCUT2D eigenvalue weighted by Gasteiger charge is 2.44. The Kier molecular flexibility index (Phi) is 11.0. The zero-order valence-electron chi connectivity index (χ0n) is 33.7. The van der Waals surface area contributed by atoms with Crippen molar-refractivity contribution in [1.82, 2.24) is 29.4 Å². The second-order valence-electron chi connectivity index (χ2n) is 15.8. The number of rotatable bonds is 12. The van der Waals surface area contributed by atoms with Crippen LogP contribution in [0.15, 0.2) is 85.3 Å². The van der Waals surface area contributed by atoms with E-state index in [4.69, 9.17) is 4.74 Å². The molecule has 0 saturated carbocycles. The average Bonchev–Trinajstić information content (AvgIpc) is 3.98. The number of aromatic amines is 1. The lowest BCUT2D eigenvalue weighted by atomic mass is 9.99. The standard InChI is InChI=1S/C44H41F3N8O7S/c1-25-2-11-37(42(57)50-25)55-43(58)31-8-7-30(21-33(31)44(55)59)62-19-18-52-14-16-53(17-15-52)29-5-3-26(4-6-29)27-20-32-34(23-49-41(32)48-22-27)40(56)38-35(46)9-10-36(39(38)47)51-63(60,61)54-13-12-28(45)24-54/h3-10,20-23,28,37,51H,1-2,11-19,24H2,(H,48,49)(H,50,57)/t28-,37?/m1/s1. The van der Waals surface area contributed by atoms with Gasteiger partial charge in [-0.1, -0.05) is 18.7 Å². The number of hydrogen-bond donors (Lipinski definition) is 3. The van der Waals surface area contributed by atoms with E-state index in [0.29, 0.717) is 54.0 Å². The fraction of sp³-hybridized carbons (Fsp3) is 0.295. The molecule has 0 bridgehead atoms. The topological polar surface area (TPSA) is 177 Å². The first-order valence-electron chi connectivity index (χ1n) is 20.4. The molecule has 1 unspecified atom stereocenters. The molecule has 63 heavy (non-hydrogen) atoms. The number of aromatic nitrogens is 2. The Labute approximate surface area is 359 Å². The third-order valence-corrected chi connectivity index (χ3v) is 13.4. The summed E-state index contributed by atoms with van der Waals surface area (Å²) in [6, 6.07) is 15.0. The molecule has 15 nitrogen and oxygen atoms in total. The van der Waals surface area contributed by atoms with Gasteiger partial charge in [-0.25, -0.2) is 18.2 Å². The Morgan fingerprint density at radius 2 is 1.68 bits per heavy atom. The second kappa shape index (κ2) is 16.6. The predicted molar refractivity (Wildman–Crippen MR) is 226 cm³/mol. The number of nitrogens with zero attached hydrogens (tertiary/aromatic N) is 5. The Balaban J connectivity index is 0.804. The van der Waals surface area contributed by atoms with Crippen LogP contribution in [0.1, 0.15) is 55.9 Å². The molecule has 0 radical (unpaired) electrons. The highest BCUT2D eigenvalue weighted by atomic mass is 32.2. The molecule has 6 heterocycles. The first-order chi connectivity index (χ1) is 30.3. The number of carbonyl (C=O) groups excluding carboxylic acids is 4. The number of imide groups is 1. The normalized spacial score (nSPS) is 19.8. The SMILES string of the molecule is C=C1CCC(N2C(=O)c3ccc(OCCN4CCN(c5ccc(-c6cnc7[nH]cc(C(=O)c8c(F)ccc(NS(=O)(=O)N9CC[C@@H](F)C9)c8F)c7c6)cc5)CC4)cc3C2=O)C(=O)N1. The maximum absolute atomic E-state index is 15.7. The molecule has 5 aromatic rings. The van der Waals surface area contributed by atoms with Crippen molar-refractivity contribution in [2.24, 2.45) is 0 Å². The number of hydrogen-bond acceptors (Lipinski definition) is 10. The summed E-state index contributed by atoms with van der Waals surface area (Å²) >= 11 is 0. The quantitative estimate of drug-likeness (QED) is 0.114. The number of halogens is 3. The van der Waals surface area contributed by atoms with Crippen LogP contribution >= 0.6 is 0 Å². The Morgan fingerprint density at radius 3 is 2.41 bits per heavy atom. The number of alkyl halides is 1. The molecule has 3 fully saturated rings. The van der Waals surface area contributed by atoms with Gasteiger partial charge in [0, 0.05) is 86.1 Å². The minimum Gasteiger partial charge on any atom is -0.492 e. The van der Waals surface area contributed by atoms with Crippen LogP contribution in [0.5, 0.6) is 5.75 Å². The fourth-order valence-electron chi connectivity index (χ4n) is 8.44. The number of nitrogens with one attached hydrogen (secondary N) is 3. The number of carbonyl (C=O) groups is 4. The first kappa shape index (κ1) is 41.8. The third-order valence-electron chi connectivity index (χ3n) is 11.9. The van der Waals surface area contributed by atoms with E-state index in [9.17, 15) is 32.0 Å². The molecule has 326 valence electrons. The summed E-state index contributed by atoms with van der Waals surface area (Å²) in [7, 11) is -4.37. The molecule has 2 atom stereocenters. The van der Waals surface area contributed by atoms with E-state index < -0.39 is 75.4 Å². The summed E-state index contributed by atoms with van der Waals surface area (Å²) in [5.74, 6) is -4.58. The van der Waals surface area contributed by atoms with Gasteiger partial charge >= 0.3 is 10.2 Å². The molecule has 3 aromatic carbocycles. The van der Waals surface area contributed by atoms with Crippen molar-refractivity contribution in [2.75, 3.05) is 62.0 Å². The molecular formula is C44H41F3N8O7S. The van der Waals surface area contributed by atoms with E-state index in [1.165, 1.54) is 6.20 Å². The molecule has 0 spiro atoms. The molecule has 0 aliphatic carbocycles. The number of ketones is 1. The van der Waals surface area contributed by atoms with Gasteiger partial charge in [-0.2, -0.15) is 12.7 Å². The minimum absolute atomic E-state index is 0.00539. The lowest BCUT2D eigenvalue weighted by Crippen LogP contribution is -2.51. The number of fused-ring (bicyclic) bond motifs is 2. The van der Waals surface area contributed by atoms with Gasteiger partial charge in [0.1, 0.15) is 36.0 Å². The van der Waals surface area contributed by atoms with Crippen LogP contribution in [0, 0.1) is 11.6 Å². The maximum atomic E-state index is 15.7. The highest BCUT2D eigenvalue weighted by Crippen LogP contribution is 2.33. The number of H-pyrrole nitrogens is 1. The molecule has 4 aliphatic rings. The van der Waals surface area contributed by atoms with E-state index in [1.54, 1.807) is 30.5 Å². The summed E-state index contributed by atoms with van der Waals surface area (Å²) in [4.78, 5) is 65.4. The van der Waals surface area contributed by atoms with Gasteiger partial charge in [0.15, 0.2) is 5.82 Å².